The van der Waals surface area contributed by atoms with Crippen LogP contribution in [0.25, 0.3) is 22.3 Å². The highest BCUT2D eigenvalue weighted by Crippen LogP contribution is 2.36. The molecule has 0 radical (unpaired) electrons. The molecule has 1 aromatic heterocycles. The third kappa shape index (κ3) is 5.21. The number of carbonyl (C=O) groups excluding carboxylic acids is 1. The Morgan fingerprint density at radius 2 is 1.50 bits per heavy atom. The minimum atomic E-state index is -0.277. The van der Waals surface area contributed by atoms with Crippen molar-refractivity contribution in [2.45, 2.75) is 53.4 Å². The zero-order valence-corrected chi connectivity index (χ0v) is 18.7. The van der Waals surface area contributed by atoms with Gasteiger partial charge in [0.15, 0.2) is 5.78 Å². The number of aromatic nitrogens is 1. The van der Waals surface area contributed by atoms with Gasteiger partial charge in [0, 0.05) is 29.9 Å². The molecule has 0 saturated carbocycles. The summed E-state index contributed by atoms with van der Waals surface area (Å²) in [7, 11) is 0. The molecule has 2 nitrogen and oxygen atoms in total. The van der Waals surface area contributed by atoms with Gasteiger partial charge < -0.3 is 0 Å². The van der Waals surface area contributed by atoms with Crippen molar-refractivity contribution in [3.8, 4) is 22.3 Å². The second kappa shape index (κ2) is 8.14. The number of benzene rings is 2. The molecule has 0 aliphatic rings. The molecule has 3 rings (SSSR count). The Morgan fingerprint density at radius 3 is 2.10 bits per heavy atom. The Kier molecular flexibility index (Phi) is 5.94. The third-order valence-electron chi connectivity index (χ3n) is 5.06. The Labute approximate surface area is 179 Å². The van der Waals surface area contributed by atoms with Crippen LogP contribution in [0.15, 0.2) is 60.9 Å². The molecule has 0 saturated heterocycles. The van der Waals surface area contributed by atoms with Gasteiger partial charge in [-0.05, 0) is 69.5 Å². The quantitative estimate of drug-likeness (QED) is 0.423. The highest BCUT2D eigenvalue weighted by atomic mass is 19.1. The van der Waals surface area contributed by atoms with Crippen molar-refractivity contribution in [1.29, 1.82) is 0 Å². The molecule has 0 fully saturated rings. The van der Waals surface area contributed by atoms with Gasteiger partial charge in [-0.1, -0.05) is 53.7 Å². The van der Waals surface area contributed by atoms with Crippen LogP contribution in [0.5, 0.6) is 0 Å². The molecule has 2 aromatic carbocycles. The van der Waals surface area contributed by atoms with Crippen molar-refractivity contribution >= 4 is 5.78 Å². The summed E-state index contributed by atoms with van der Waals surface area (Å²) in [4.78, 5) is 17.4. The number of nitrogens with zero attached hydrogens (tertiary/aromatic N) is 1. The largest absolute Gasteiger partial charge is 0.294 e. The summed E-state index contributed by atoms with van der Waals surface area (Å²) in [6.07, 6.45) is 4.13. The molecule has 0 unspecified atom stereocenters. The fraction of sp³-hybridized carbons (Fsp3) is 0.333. The standard InChI is InChI=1S/C27H30FNO/c1-26(2,3)16-25(30)21-14-19(18-7-9-22(28)10-8-18)13-20(15-21)23-17-29-12-11-24(23)27(4,5)6/h7-15,17H,16H2,1-6H3. The summed E-state index contributed by atoms with van der Waals surface area (Å²) in [5.41, 5.74) is 5.41. The van der Waals surface area contributed by atoms with Crippen molar-refractivity contribution < 1.29 is 9.18 Å². The predicted molar refractivity (Wildman–Crippen MR) is 122 cm³/mol. The van der Waals surface area contributed by atoms with Crippen LogP contribution < -0.4 is 0 Å². The van der Waals surface area contributed by atoms with E-state index in [9.17, 15) is 9.18 Å². The van der Waals surface area contributed by atoms with Crippen LogP contribution in [0.1, 0.15) is 63.9 Å². The van der Waals surface area contributed by atoms with E-state index in [1.165, 1.54) is 17.7 Å². The van der Waals surface area contributed by atoms with Crippen LogP contribution in [0.2, 0.25) is 0 Å². The number of rotatable bonds is 4. The highest BCUT2D eigenvalue weighted by molar-refractivity contribution is 5.99. The van der Waals surface area contributed by atoms with E-state index in [4.69, 9.17) is 0 Å². The van der Waals surface area contributed by atoms with Gasteiger partial charge in [-0.15, -0.1) is 0 Å². The molecule has 1 heterocycles. The van der Waals surface area contributed by atoms with E-state index < -0.39 is 0 Å². The average molecular weight is 404 g/mol. The summed E-state index contributed by atoms with van der Waals surface area (Å²) >= 11 is 0. The van der Waals surface area contributed by atoms with Gasteiger partial charge in [0.2, 0.25) is 0 Å². The van der Waals surface area contributed by atoms with Gasteiger partial charge in [-0.2, -0.15) is 0 Å². The Balaban J connectivity index is 2.21. The maximum absolute atomic E-state index is 13.5. The molecule has 3 heteroatoms. The van der Waals surface area contributed by atoms with E-state index in [-0.39, 0.29) is 22.4 Å². The lowest BCUT2D eigenvalue weighted by atomic mass is 9.81. The number of pyridine rings is 1. The Morgan fingerprint density at radius 1 is 0.867 bits per heavy atom. The summed E-state index contributed by atoms with van der Waals surface area (Å²) < 4.78 is 13.5. The fourth-order valence-corrected chi connectivity index (χ4v) is 3.62. The Bertz CT molecular complexity index is 1050. The second-order valence-corrected chi connectivity index (χ2v) is 10.1. The van der Waals surface area contributed by atoms with Crippen LogP contribution in [0.4, 0.5) is 4.39 Å². The lowest BCUT2D eigenvalue weighted by Crippen LogP contribution is -2.14. The van der Waals surface area contributed by atoms with Crippen molar-refractivity contribution in [1.82, 2.24) is 4.98 Å². The molecule has 156 valence electrons. The van der Waals surface area contributed by atoms with Gasteiger partial charge in [0.05, 0.1) is 0 Å². The van der Waals surface area contributed by atoms with Gasteiger partial charge in [-0.25, -0.2) is 4.39 Å². The van der Waals surface area contributed by atoms with E-state index in [0.717, 1.165) is 22.3 Å². The van der Waals surface area contributed by atoms with Crippen molar-refractivity contribution in [2.75, 3.05) is 0 Å². The monoisotopic (exact) mass is 403 g/mol. The highest BCUT2D eigenvalue weighted by Gasteiger charge is 2.22. The van der Waals surface area contributed by atoms with Gasteiger partial charge in [0.1, 0.15) is 5.82 Å². The topological polar surface area (TPSA) is 30.0 Å². The molecule has 0 aliphatic carbocycles. The lowest BCUT2D eigenvalue weighted by Gasteiger charge is -2.23. The molecular formula is C27H30FNO. The summed E-state index contributed by atoms with van der Waals surface area (Å²) in [6.45, 7) is 12.7. The first-order valence-corrected chi connectivity index (χ1v) is 10.3. The first-order valence-electron chi connectivity index (χ1n) is 10.3. The van der Waals surface area contributed by atoms with Crippen LogP contribution in [0.3, 0.4) is 0 Å². The molecule has 0 bridgehead atoms. The number of halogens is 1. The smallest absolute Gasteiger partial charge is 0.163 e. The zero-order valence-electron chi connectivity index (χ0n) is 18.7. The maximum atomic E-state index is 13.5. The van der Waals surface area contributed by atoms with Crippen LogP contribution in [-0.2, 0) is 5.41 Å². The number of hydrogen-bond acceptors (Lipinski definition) is 2. The third-order valence-corrected chi connectivity index (χ3v) is 5.06. The SMILES string of the molecule is CC(C)(C)CC(=O)c1cc(-c2ccc(F)cc2)cc(-c2cnccc2C(C)(C)C)c1. The zero-order chi connectivity index (χ0) is 22.1. The van der Waals surface area contributed by atoms with E-state index in [1.54, 1.807) is 18.3 Å². The van der Waals surface area contributed by atoms with Gasteiger partial charge in [-0.3, -0.25) is 9.78 Å². The normalized spacial score (nSPS) is 12.1. The van der Waals surface area contributed by atoms with Crippen molar-refractivity contribution in [3.05, 3.63) is 77.9 Å². The minimum Gasteiger partial charge on any atom is -0.294 e. The first-order chi connectivity index (χ1) is 13.9. The number of hydrogen-bond donors (Lipinski definition) is 0. The van der Waals surface area contributed by atoms with Crippen LogP contribution in [0, 0.1) is 11.2 Å². The molecule has 0 atom stereocenters. The first kappa shape index (κ1) is 21.9. The van der Waals surface area contributed by atoms with Gasteiger partial charge in [0.25, 0.3) is 0 Å². The van der Waals surface area contributed by atoms with E-state index in [2.05, 4.69) is 52.6 Å². The molecule has 3 aromatic rings. The Hall–Kier alpha value is -2.81. The summed E-state index contributed by atoms with van der Waals surface area (Å²) in [5, 5.41) is 0. The molecule has 30 heavy (non-hydrogen) atoms. The van der Waals surface area contributed by atoms with Gasteiger partial charge >= 0.3 is 0 Å². The average Bonchev–Trinajstić information content (AvgIpc) is 2.66. The summed E-state index contributed by atoms with van der Waals surface area (Å²) in [6, 6.07) is 14.4. The number of ketones is 1. The summed E-state index contributed by atoms with van der Waals surface area (Å²) in [5.74, 6) is -0.171. The molecule has 0 amide bonds. The minimum absolute atomic E-state index is 0.0697. The fourth-order valence-electron chi connectivity index (χ4n) is 3.62. The van der Waals surface area contributed by atoms with Crippen molar-refractivity contribution in [2.24, 2.45) is 5.41 Å². The maximum Gasteiger partial charge on any atom is 0.163 e. The van der Waals surface area contributed by atoms with E-state index in [1.807, 2.05) is 24.4 Å². The molecule has 0 aliphatic heterocycles. The predicted octanol–water partition coefficient (Wildman–Crippen LogP) is 7.47. The molecule has 0 spiro atoms. The van der Waals surface area contributed by atoms with Crippen molar-refractivity contribution in [3.63, 3.8) is 0 Å². The number of carbonyl (C=O) groups is 1. The van der Waals surface area contributed by atoms with E-state index >= 15 is 0 Å². The molecular weight excluding hydrogens is 373 g/mol. The number of Topliss-reactive ketones (excluding diaryl/α,β-unsaturated/α-hetero) is 1. The van der Waals surface area contributed by atoms with E-state index in [0.29, 0.717) is 12.0 Å². The lowest BCUT2D eigenvalue weighted by molar-refractivity contribution is 0.0940. The molecule has 0 N–H and O–H groups in total. The van der Waals surface area contributed by atoms with Crippen LogP contribution >= 0.6 is 0 Å². The second-order valence-electron chi connectivity index (χ2n) is 10.1. The van der Waals surface area contributed by atoms with Crippen LogP contribution in [-0.4, -0.2) is 10.8 Å².